The van der Waals surface area contributed by atoms with Crippen molar-refractivity contribution < 1.29 is 8.42 Å². The normalized spacial score (nSPS) is 20.0. The highest BCUT2D eigenvalue weighted by atomic mass is 32.2. The summed E-state index contributed by atoms with van der Waals surface area (Å²) < 4.78 is 26.8. The van der Waals surface area contributed by atoms with Crippen molar-refractivity contribution in [1.82, 2.24) is 4.72 Å². The maximum absolute atomic E-state index is 12.1. The number of sulfonamides is 1. The molecule has 5 nitrogen and oxygen atoms in total. The lowest BCUT2D eigenvalue weighted by molar-refractivity contribution is 0.423. The van der Waals surface area contributed by atoms with E-state index in [1.807, 2.05) is 26.0 Å². The number of benzene rings is 1. The van der Waals surface area contributed by atoms with Gasteiger partial charge in [-0.1, -0.05) is 0 Å². The first-order chi connectivity index (χ1) is 9.92. The molecule has 21 heavy (non-hydrogen) atoms. The number of piperidine rings is 1. The Morgan fingerprint density at radius 2 is 2.00 bits per heavy atom. The summed E-state index contributed by atoms with van der Waals surface area (Å²) in [5, 5.41) is 0. The molecule has 0 radical (unpaired) electrons. The molecule has 1 aliphatic rings. The summed E-state index contributed by atoms with van der Waals surface area (Å²) in [6, 6.07) is 7.00. The third-order valence-corrected chi connectivity index (χ3v) is 5.43. The second-order valence-corrected chi connectivity index (χ2v) is 7.67. The number of nitrogens with zero attached hydrogens (tertiary/aromatic N) is 1. The zero-order valence-corrected chi connectivity index (χ0v) is 13.6. The molecule has 118 valence electrons. The minimum Gasteiger partial charge on any atom is -0.371 e. The molecule has 2 rings (SSSR count). The van der Waals surface area contributed by atoms with E-state index in [1.165, 1.54) is 6.42 Å². The molecule has 1 aromatic carbocycles. The minimum atomic E-state index is -3.41. The van der Waals surface area contributed by atoms with Crippen molar-refractivity contribution in [2.24, 2.45) is 11.7 Å². The predicted octanol–water partition coefficient (Wildman–Crippen LogP) is 1.55. The fraction of sp³-hybridized carbons (Fsp3) is 0.600. The lowest BCUT2D eigenvalue weighted by Gasteiger charge is -2.34. The molecule has 1 heterocycles. The number of rotatable bonds is 5. The Morgan fingerprint density at radius 1 is 1.33 bits per heavy atom. The first-order valence-electron chi connectivity index (χ1n) is 7.50. The summed E-state index contributed by atoms with van der Waals surface area (Å²) in [4.78, 5) is 2.60. The van der Waals surface area contributed by atoms with Crippen LogP contribution in [0.2, 0.25) is 0 Å². The van der Waals surface area contributed by atoms with Gasteiger partial charge in [-0.3, -0.25) is 0 Å². The Labute approximate surface area is 127 Å². The van der Waals surface area contributed by atoms with Gasteiger partial charge in [0.1, 0.15) is 0 Å². The monoisotopic (exact) mass is 311 g/mol. The molecule has 0 saturated carbocycles. The van der Waals surface area contributed by atoms with Gasteiger partial charge < -0.3 is 10.6 Å². The van der Waals surface area contributed by atoms with Crippen molar-refractivity contribution in [3.8, 4) is 0 Å². The van der Waals surface area contributed by atoms with Gasteiger partial charge in [0.15, 0.2) is 0 Å². The molecule has 1 saturated heterocycles. The molecule has 1 fully saturated rings. The average molecular weight is 311 g/mol. The minimum absolute atomic E-state index is 0.109. The van der Waals surface area contributed by atoms with Crippen LogP contribution in [0.15, 0.2) is 29.2 Å². The van der Waals surface area contributed by atoms with Crippen molar-refractivity contribution in [3.63, 3.8) is 0 Å². The quantitative estimate of drug-likeness (QED) is 0.865. The fourth-order valence-electron chi connectivity index (χ4n) is 2.71. The second kappa shape index (κ2) is 6.77. The van der Waals surface area contributed by atoms with E-state index in [0.29, 0.717) is 17.4 Å². The fourth-order valence-corrected chi connectivity index (χ4v) is 3.96. The summed E-state index contributed by atoms with van der Waals surface area (Å²) in [5.74, 6) is 0.532. The van der Waals surface area contributed by atoms with Crippen LogP contribution >= 0.6 is 0 Å². The number of anilines is 1. The van der Waals surface area contributed by atoms with Crippen LogP contribution < -0.4 is 15.4 Å². The maximum atomic E-state index is 12.1. The van der Waals surface area contributed by atoms with E-state index in [-0.39, 0.29) is 6.04 Å². The molecular weight excluding hydrogens is 286 g/mol. The van der Waals surface area contributed by atoms with E-state index in [0.717, 1.165) is 25.2 Å². The molecule has 1 atom stereocenters. The summed E-state index contributed by atoms with van der Waals surface area (Å²) >= 11 is 0. The molecule has 0 amide bonds. The lowest BCUT2D eigenvalue weighted by Crippen LogP contribution is -2.38. The third kappa shape index (κ3) is 4.18. The molecule has 1 aliphatic heterocycles. The zero-order valence-electron chi connectivity index (χ0n) is 12.7. The van der Waals surface area contributed by atoms with Gasteiger partial charge in [0, 0.05) is 24.8 Å². The lowest BCUT2D eigenvalue weighted by atomic mass is 9.98. The molecule has 6 heteroatoms. The average Bonchev–Trinajstić information content (AvgIpc) is 2.46. The Kier molecular flexibility index (Phi) is 5.24. The van der Waals surface area contributed by atoms with E-state index >= 15 is 0 Å². The summed E-state index contributed by atoms with van der Waals surface area (Å²) in [6.45, 7) is 6.29. The molecule has 1 aromatic rings. The van der Waals surface area contributed by atoms with Crippen molar-refractivity contribution in [2.75, 3.05) is 24.5 Å². The summed E-state index contributed by atoms with van der Waals surface area (Å²) in [6.07, 6.45) is 2.31. The molecule has 1 unspecified atom stereocenters. The molecule has 0 aliphatic carbocycles. The topological polar surface area (TPSA) is 75.4 Å². The van der Waals surface area contributed by atoms with Crippen molar-refractivity contribution in [2.45, 2.75) is 37.6 Å². The van der Waals surface area contributed by atoms with Crippen LogP contribution in [0.3, 0.4) is 0 Å². The van der Waals surface area contributed by atoms with Crippen LogP contribution in [0.4, 0.5) is 5.69 Å². The van der Waals surface area contributed by atoms with Crippen LogP contribution in [-0.4, -0.2) is 34.1 Å². The number of hydrogen-bond donors (Lipinski definition) is 2. The van der Waals surface area contributed by atoms with Gasteiger partial charge in [0.25, 0.3) is 0 Å². The highest BCUT2D eigenvalue weighted by molar-refractivity contribution is 7.89. The van der Waals surface area contributed by atoms with Crippen LogP contribution in [0.5, 0.6) is 0 Å². The van der Waals surface area contributed by atoms with Gasteiger partial charge in [0.05, 0.1) is 4.90 Å². The maximum Gasteiger partial charge on any atom is 0.240 e. The SMILES string of the molecule is CC(C)NS(=O)(=O)c1ccc(N2CCCC(CN)C2)cc1. The Balaban J connectivity index is 2.12. The van der Waals surface area contributed by atoms with Crippen LogP contribution in [-0.2, 0) is 10.0 Å². The third-order valence-electron chi connectivity index (χ3n) is 3.76. The first kappa shape index (κ1) is 16.3. The summed E-state index contributed by atoms with van der Waals surface area (Å²) in [5.41, 5.74) is 6.82. The summed E-state index contributed by atoms with van der Waals surface area (Å²) in [7, 11) is -3.41. The standard InChI is InChI=1S/C15H25N3O2S/c1-12(2)17-21(19,20)15-7-5-14(6-8-15)18-9-3-4-13(10-16)11-18/h5-8,12-13,17H,3-4,9-11,16H2,1-2H3. The Morgan fingerprint density at radius 3 is 2.57 bits per heavy atom. The van der Waals surface area contributed by atoms with E-state index in [2.05, 4.69) is 9.62 Å². The molecule has 0 bridgehead atoms. The van der Waals surface area contributed by atoms with Crippen LogP contribution in [0.1, 0.15) is 26.7 Å². The second-order valence-electron chi connectivity index (χ2n) is 5.96. The van der Waals surface area contributed by atoms with Gasteiger partial charge >= 0.3 is 0 Å². The number of nitrogens with two attached hydrogens (primary N) is 1. The zero-order chi connectivity index (χ0) is 15.5. The molecule has 0 aromatic heterocycles. The van der Waals surface area contributed by atoms with Gasteiger partial charge in [-0.25, -0.2) is 13.1 Å². The van der Waals surface area contributed by atoms with E-state index in [9.17, 15) is 8.42 Å². The van der Waals surface area contributed by atoms with Crippen molar-refractivity contribution >= 4 is 15.7 Å². The van der Waals surface area contributed by atoms with E-state index in [4.69, 9.17) is 5.73 Å². The largest absolute Gasteiger partial charge is 0.371 e. The molecule has 0 spiro atoms. The van der Waals surface area contributed by atoms with Crippen molar-refractivity contribution in [3.05, 3.63) is 24.3 Å². The number of hydrogen-bond acceptors (Lipinski definition) is 4. The molecular formula is C15H25N3O2S. The van der Waals surface area contributed by atoms with Gasteiger partial charge in [-0.15, -0.1) is 0 Å². The van der Waals surface area contributed by atoms with E-state index in [1.54, 1.807) is 12.1 Å². The highest BCUT2D eigenvalue weighted by Gasteiger charge is 2.20. The smallest absolute Gasteiger partial charge is 0.240 e. The van der Waals surface area contributed by atoms with Gasteiger partial charge in [-0.05, 0) is 63.4 Å². The first-order valence-corrected chi connectivity index (χ1v) is 8.98. The van der Waals surface area contributed by atoms with Crippen LogP contribution in [0.25, 0.3) is 0 Å². The van der Waals surface area contributed by atoms with E-state index < -0.39 is 10.0 Å². The van der Waals surface area contributed by atoms with Gasteiger partial charge in [-0.2, -0.15) is 0 Å². The predicted molar refractivity (Wildman–Crippen MR) is 85.9 cm³/mol. The highest BCUT2D eigenvalue weighted by Crippen LogP contribution is 2.24. The van der Waals surface area contributed by atoms with Crippen molar-refractivity contribution in [1.29, 1.82) is 0 Å². The van der Waals surface area contributed by atoms with Crippen LogP contribution in [0, 0.1) is 5.92 Å². The molecule has 3 N–H and O–H groups in total. The number of nitrogens with one attached hydrogen (secondary N) is 1. The Bertz CT molecular complexity index is 555. The Hall–Kier alpha value is -1.11. The van der Waals surface area contributed by atoms with Gasteiger partial charge in [0.2, 0.25) is 10.0 Å².